The first-order valence-electron chi connectivity index (χ1n) is 16.0. The van der Waals surface area contributed by atoms with E-state index in [1.165, 1.54) is 27.9 Å². The molecule has 13 nitrogen and oxygen atoms in total. The number of ether oxygens (including phenoxy) is 4. The number of methoxy groups -OCH3 is 1. The minimum atomic E-state index is -1.57. The molecular weight excluding hydrogens is 763 g/mol. The van der Waals surface area contributed by atoms with Gasteiger partial charge >= 0.3 is 23.9 Å². The van der Waals surface area contributed by atoms with Crippen LogP contribution in [0.25, 0.3) is 0 Å². The summed E-state index contributed by atoms with van der Waals surface area (Å²) in [6, 6.07) is 0. The lowest BCUT2D eigenvalue weighted by molar-refractivity contribution is -0.142. The number of carbonyl (C=O) groups excluding carboxylic acids is 4. The van der Waals surface area contributed by atoms with E-state index >= 15 is 4.39 Å². The van der Waals surface area contributed by atoms with E-state index < -0.39 is 81.1 Å². The molecule has 1 unspecified atom stereocenters. The normalized spacial score (nSPS) is 13.9. The highest BCUT2D eigenvalue weighted by atomic mass is 79.9. The lowest BCUT2D eigenvalue weighted by atomic mass is 9.93. The summed E-state index contributed by atoms with van der Waals surface area (Å²) in [6.45, 7) is 11.7. The number of allylic oxidation sites excluding steroid dienone is 2. The van der Waals surface area contributed by atoms with Crippen molar-refractivity contribution in [1.29, 1.82) is 0 Å². The topological polar surface area (TPSA) is 203 Å². The largest absolute Gasteiger partial charge is 0.508 e. The molecule has 1 aliphatic carbocycles. The molecule has 0 aromatic heterocycles. The van der Waals surface area contributed by atoms with E-state index in [1.807, 2.05) is 0 Å². The molecule has 0 spiro atoms. The number of aromatic hydroxyl groups is 2. The zero-order valence-corrected chi connectivity index (χ0v) is 31.7. The van der Waals surface area contributed by atoms with Gasteiger partial charge in [0.25, 0.3) is 0 Å². The number of carbonyl (C=O) groups is 5. The Kier molecular flexibility index (Phi) is 11.4. The number of aromatic carboxylic acids is 1. The quantitative estimate of drug-likeness (QED) is 0.0986. The van der Waals surface area contributed by atoms with Crippen LogP contribution in [0, 0.1) is 60.2 Å². The number of halogens is 2. The van der Waals surface area contributed by atoms with Crippen molar-refractivity contribution >= 4 is 45.6 Å². The Morgan fingerprint density at radius 1 is 0.717 bits per heavy atom. The molecule has 0 radical (unpaired) electrons. The monoisotopic (exact) mass is 798 g/mol. The third-order valence-corrected chi connectivity index (χ3v) is 10.1. The Balaban J connectivity index is 1.71. The van der Waals surface area contributed by atoms with Crippen LogP contribution in [-0.2, 0) is 20.7 Å². The number of hydrogen-bond donors (Lipinski definition) is 4. The van der Waals surface area contributed by atoms with E-state index in [9.17, 15) is 44.4 Å². The van der Waals surface area contributed by atoms with Crippen LogP contribution in [0.5, 0.6) is 28.7 Å². The lowest BCUT2D eigenvalue weighted by Crippen LogP contribution is -2.32. The molecular formula is C38H36BrFO13. The van der Waals surface area contributed by atoms with Crippen LogP contribution in [0.2, 0.25) is 0 Å². The summed E-state index contributed by atoms with van der Waals surface area (Å²) in [4.78, 5) is 64.6. The van der Waals surface area contributed by atoms with Crippen molar-refractivity contribution in [2.75, 3.05) is 7.11 Å². The Hall–Kier alpha value is -5.70. The molecule has 0 saturated heterocycles. The molecule has 1 aliphatic rings. The summed E-state index contributed by atoms with van der Waals surface area (Å²) in [5.41, 5.74) is -0.0568. The van der Waals surface area contributed by atoms with E-state index in [2.05, 4.69) is 15.9 Å². The van der Waals surface area contributed by atoms with Crippen LogP contribution in [0.1, 0.15) is 82.5 Å². The second-order valence-electron chi connectivity index (χ2n) is 12.3. The number of carboxylic acid groups (broad SMARTS) is 1. The van der Waals surface area contributed by atoms with Gasteiger partial charge in [-0.3, -0.25) is 9.59 Å². The number of rotatable bonds is 9. The number of phenolic OH excluding ortho intramolecular Hbond substituents is 2. The van der Waals surface area contributed by atoms with Crippen molar-refractivity contribution in [3.8, 4) is 28.7 Å². The summed E-state index contributed by atoms with van der Waals surface area (Å²) in [5, 5.41) is 41.8. The maximum absolute atomic E-state index is 16.1. The summed E-state index contributed by atoms with van der Waals surface area (Å²) in [5.74, 6) is -11.3. The fourth-order valence-corrected chi connectivity index (χ4v) is 6.65. The number of hydrogen-bond acceptors (Lipinski definition) is 12. The molecule has 0 aliphatic heterocycles. The summed E-state index contributed by atoms with van der Waals surface area (Å²) in [7, 11) is 1.19. The third kappa shape index (κ3) is 6.95. The zero-order valence-electron chi connectivity index (χ0n) is 30.2. The van der Waals surface area contributed by atoms with Crippen molar-refractivity contribution in [3.63, 3.8) is 0 Å². The number of aliphatic hydroxyl groups excluding tert-OH is 1. The minimum absolute atomic E-state index is 0.0401. The number of aliphatic hydroxyl groups is 1. The van der Waals surface area contributed by atoms with Gasteiger partial charge in [-0.05, 0) is 104 Å². The van der Waals surface area contributed by atoms with Gasteiger partial charge < -0.3 is 39.4 Å². The standard InChI is InChI=1S/C38H36BrFO13/c1-10-21-30(43)26(37(48)51-32-16(5)13(2)24(35(45)46)14(3)17(32)6)19(8)29(40)34(21)53-36(47)25-15(4)18(7)33(28(39)31(25)44)52-38(49)27-22(42)11-20(41)12-23(27)50-9/h11-12,27,41,43-44H,10H2,1-9H3,(H,45,46). The van der Waals surface area contributed by atoms with Crippen molar-refractivity contribution in [3.05, 3.63) is 95.2 Å². The van der Waals surface area contributed by atoms with Gasteiger partial charge in [0.2, 0.25) is 0 Å². The second kappa shape index (κ2) is 15.1. The van der Waals surface area contributed by atoms with Crippen LogP contribution >= 0.6 is 15.9 Å². The van der Waals surface area contributed by atoms with Crippen molar-refractivity contribution in [1.82, 2.24) is 0 Å². The average Bonchev–Trinajstić information content (AvgIpc) is 3.08. The maximum Gasteiger partial charge on any atom is 0.347 e. The minimum Gasteiger partial charge on any atom is -0.508 e. The molecule has 4 rings (SSSR count). The molecule has 280 valence electrons. The van der Waals surface area contributed by atoms with Gasteiger partial charge in [-0.15, -0.1) is 0 Å². The molecule has 1 atom stereocenters. The first-order chi connectivity index (χ1) is 24.7. The highest BCUT2D eigenvalue weighted by Crippen LogP contribution is 2.45. The number of benzene rings is 3. The zero-order chi connectivity index (χ0) is 40.0. The van der Waals surface area contributed by atoms with E-state index in [4.69, 9.17) is 18.9 Å². The Labute approximate surface area is 311 Å². The summed E-state index contributed by atoms with van der Waals surface area (Å²) >= 11 is 3.12. The van der Waals surface area contributed by atoms with E-state index in [1.54, 1.807) is 27.7 Å². The summed E-state index contributed by atoms with van der Waals surface area (Å²) in [6.07, 6.45) is 1.76. The second-order valence-corrected chi connectivity index (χ2v) is 13.1. The average molecular weight is 800 g/mol. The molecule has 53 heavy (non-hydrogen) atoms. The van der Waals surface area contributed by atoms with Gasteiger partial charge in [0.05, 0.1) is 12.7 Å². The molecule has 3 aromatic rings. The van der Waals surface area contributed by atoms with Crippen LogP contribution in [0.4, 0.5) is 4.39 Å². The Bertz CT molecular complexity index is 2160. The van der Waals surface area contributed by atoms with Gasteiger partial charge in [-0.1, -0.05) is 6.92 Å². The van der Waals surface area contributed by atoms with Crippen molar-refractivity contribution in [2.45, 2.75) is 61.8 Å². The van der Waals surface area contributed by atoms with Gasteiger partial charge in [-0.2, -0.15) is 0 Å². The SMILES string of the molecule is CCc1c(O)c(C(=O)Oc2c(C)c(C)c(C(=O)O)c(C)c2C)c(C)c(F)c1OC(=O)c1c(C)c(C)c(OC(=O)C2C(=O)C=C(O)C=C2OC)c(Br)c1O. The fraction of sp³-hybridized carbons (Fsp3) is 0.289. The number of esters is 3. The van der Waals surface area contributed by atoms with Crippen LogP contribution < -0.4 is 14.2 Å². The number of carboxylic acids is 1. The molecule has 15 heteroatoms. The highest BCUT2D eigenvalue weighted by Gasteiger charge is 2.37. The first kappa shape index (κ1) is 40.1. The number of phenols is 2. The molecule has 0 saturated carbocycles. The molecule has 0 amide bonds. The number of ketones is 1. The van der Waals surface area contributed by atoms with Crippen LogP contribution in [0.3, 0.4) is 0 Å². The lowest BCUT2D eigenvalue weighted by Gasteiger charge is -2.22. The summed E-state index contributed by atoms with van der Waals surface area (Å²) < 4.78 is 37.4. The highest BCUT2D eigenvalue weighted by molar-refractivity contribution is 9.10. The molecule has 0 heterocycles. The fourth-order valence-electron chi connectivity index (χ4n) is 6.07. The van der Waals surface area contributed by atoms with Crippen LogP contribution in [-0.4, -0.2) is 57.2 Å². The predicted octanol–water partition coefficient (Wildman–Crippen LogP) is 6.93. The molecule has 0 fully saturated rings. The van der Waals surface area contributed by atoms with E-state index in [0.29, 0.717) is 22.3 Å². The molecule has 4 N–H and O–H groups in total. The predicted molar refractivity (Wildman–Crippen MR) is 190 cm³/mol. The van der Waals surface area contributed by atoms with Gasteiger partial charge in [0, 0.05) is 23.3 Å². The first-order valence-corrected chi connectivity index (χ1v) is 16.8. The third-order valence-electron chi connectivity index (χ3n) is 9.37. The van der Waals surface area contributed by atoms with Crippen molar-refractivity contribution < 1.29 is 67.7 Å². The van der Waals surface area contributed by atoms with Gasteiger partial charge in [0.15, 0.2) is 29.0 Å². The molecule has 3 aromatic carbocycles. The van der Waals surface area contributed by atoms with Crippen LogP contribution in [0.15, 0.2) is 28.1 Å². The van der Waals surface area contributed by atoms with Crippen molar-refractivity contribution in [2.24, 2.45) is 5.92 Å². The Morgan fingerprint density at radius 2 is 1.21 bits per heavy atom. The van der Waals surface area contributed by atoms with Gasteiger partial charge in [0.1, 0.15) is 44.4 Å². The van der Waals surface area contributed by atoms with E-state index in [0.717, 1.165) is 19.1 Å². The maximum atomic E-state index is 16.1. The Morgan fingerprint density at radius 3 is 1.72 bits per heavy atom. The van der Waals surface area contributed by atoms with E-state index in [-0.39, 0.29) is 50.4 Å². The van der Waals surface area contributed by atoms with Gasteiger partial charge in [-0.25, -0.2) is 18.8 Å². The smallest absolute Gasteiger partial charge is 0.347 e. The molecule has 0 bridgehead atoms.